The lowest BCUT2D eigenvalue weighted by molar-refractivity contribution is -0.0361. The van der Waals surface area contributed by atoms with E-state index in [0.29, 0.717) is 30.1 Å². The number of carboxylic acids is 1. The summed E-state index contributed by atoms with van der Waals surface area (Å²) in [7, 11) is 0. The van der Waals surface area contributed by atoms with Crippen LogP contribution in [0, 0.1) is 11.8 Å². The average Bonchev–Trinajstić information content (AvgIpc) is 3.02. The minimum Gasteiger partial charge on any atom is -0.490 e. The number of aromatic carboxylic acids is 1. The van der Waals surface area contributed by atoms with Crippen molar-refractivity contribution in [3.8, 4) is 5.75 Å². The Morgan fingerprint density at radius 2 is 2.03 bits per heavy atom. The topological polar surface area (TPSA) is 70.0 Å². The van der Waals surface area contributed by atoms with Crippen LogP contribution in [-0.2, 0) is 11.3 Å². The van der Waals surface area contributed by atoms with Crippen molar-refractivity contribution in [3.63, 3.8) is 0 Å². The predicted octanol–water partition coefficient (Wildman–Crippen LogP) is 6.80. The van der Waals surface area contributed by atoms with Gasteiger partial charge in [-0.1, -0.05) is 43.2 Å². The van der Waals surface area contributed by atoms with E-state index in [4.69, 9.17) is 16.3 Å². The van der Waals surface area contributed by atoms with Crippen molar-refractivity contribution in [1.82, 2.24) is 0 Å². The first-order chi connectivity index (χ1) is 18.1. The molecule has 1 aliphatic heterocycles. The number of fused-ring (bicyclic) bond motifs is 3. The second kappa shape index (κ2) is 10.5. The van der Waals surface area contributed by atoms with Crippen LogP contribution in [0.15, 0.2) is 48.6 Å². The Balaban J connectivity index is 1.51. The molecule has 2 aromatic carbocycles. The number of alkyl halides is 2. The molecule has 0 aromatic heterocycles. The first kappa shape index (κ1) is 26.9. The van der Waals surface area contributed by atoms with Crippen LogP contribution < -0.4 is 9.64 Å². The third-order valence-corrected chi connectivity index (χ3v) is 8.80. The average molecular weight is 546 g/mol. The maximum atomic E-state index is 15.0. The number of halogens is 3. The Hall–Kier alpha value is -2.64. The summed E-state index contributed by atoms with van der Waals surface area (Å²) in [4.78, 5) is 13.9. The SMILES string of the molecule is CCC/C=C/[C@H](O)[C@@H]1CC[C@H]1CN1CC2(CCC(F)(F)c3cc(Cl)ccc32)COc2ccc(C(=O)O)cc21. The van der Waals surface area contributed by atoms with Gasteiger partial charge in [-0.05, 0) is 73.4 Å². The molecule has 8 heteroatoms. The van der Waals surface area contributed by atoms with Gasteiger partial charge in [0.1, 0.15) is 5.75 Å². The van der Waals surface area contributed by atoms with Crippen LogP contribution in [0.5, 0.6) is 5.75 Å². The minimum atomic E-state index is -2.99. The third kappa shape index (κ3) is 5.03. The lowest BCUT2D eigenvalue weighted by Crippen LogP contribution is -2.50. The monoisotopic (exact) mass is 545 g/mol. The Labute approximate surface area is 227 Å². The van der Waals surface area contributed by atoms with Gasteiger partial charge in [0.05, 0.1) is 24.0 Å². The van der Waals surface area contributed by atoms with Gasteiger partial charge in [0.25, 0.3) is 5.92 Å². The van der Waals surface area contributed by atoms with Gasteiger partial charge in [-0.25, -0.2) is 13.6 Å². The van der Waals surface area contributed by atoms with Gasteiger partial charge in [-0.2, -0.15) is 0 Å². The third-order valence-electron chi connectivity index (χ3n) is 8.57. The van der Waals surface area contributed by atoms with Gasteiger partial charge < -0.3 is 19.8 Å². The van der Waals surface area contributed by atoms with Crippen molar-refractivity contribution in [2.24, 2.45) is 11.8 Å². The largest absolute Gasteiger partial charge is 0.490 e. The van der Waals surface area contributed by atoms with Crippen LogP contribution in [-0.4, -0.2) is 42.0 Å². The summed E-state index contributed by atoms with van der Waals surface area (Å²) in [5, 5.41) is 20.7. The van der Waals surface area contributed by atoms with E-state index in [2.05, 4.69) is 11.8 Å². The molecule has 1 fully saturated rings. The summed E-state index contributed by atoms with van der Waals surface area (Å²) >= 11 is 6.14. The molecule has 4 atom stereocenters. The fraction of sp³-hybridized carbons (Fsp3) is 0.500. The number of hydrogen-bond donors (Lipinski definition) is 2. The Kier molecular flexibility index (Phi) is 7.44. The molecule has 3 aliphatic rings. The number of carboxylic acid groups (broad SMARTS) is 1. The van der Waals surface area contributed by atoms with E-state index in [1.54, 1.807) is 24.3 Å². The summed E-state index contributed by atoms with van der Waals surface area (Å²) in [5.74, 6) is -3.21. The van der Waals surface area contributed by atoms with Gasteiger partial charge >= 0.3 is 5.97 Å². The first-order valence-electron chi connectivity index (χ1n) is 13.4. The maximum absolute atomic E-state index is 15.0. The summed E-state index contributed by atoms with van der Waals surface area (Å²) in [6.45, 7) is 3.27. The van der Waals surface area contributed by atoms with E-state index in [0.717, 1.165) is 25.7 Å². The molecule has 2 aromatic rings. The molecule has 0 bridgehead atoms. The molecule has 2 N–H and O–H groups in total. The van der Waals surface area contributed by atoms with Crippen molar-refractivity contribution in [2.75, 3.05) is 24.6 Å². The normalized spacial score (nSPS) is 26.7. The lowest BCUT2D eigenvalue weighted by atomic mass is 9.67. The van der Waals surface area contributed by atoms with E-state index in [-0.39, 0.29) is 47.4 Å². The molecule has 1 spiro atoms. The second-order valence-electron chi connectivity index (χ2n) is 11.0. The number of rotatable bonds is 7. The van der Waals surface area contributed by atoms with Crippen molar-refractivity contribution in [1.29, 1.82) is 0 Å². The molecule has 5 rings (SSSR count). The van der Waals surface area contributed by atoms with E-state index < -0.39 is 23.4 Å². The van der Waals surface area contributed by atoms with Crippen LogP contribution in [0.2, 0.25) is 5.02 Å². The number of unbranched alkanes of at least 4 members (excludes halogenated alkanes) is 1. The van der Waals surface area contributed by atoms with Crippen LogP contribution >= 0.6 is 11.6 Å². The fourth-order valence-electron chi connectivity index (χ4n) is 6.26. The Morgan fingerprint density at radius 1 is 1.21 bits per heavy atom. The Morgan fingerprint density at radius 3 is 2.74 bits per heavy atom. The van der Waals surface area contributed by atoms with Crippen LogP contribution in [0.1, 0.15) is 66.9 Å². The van der Waals surface area contributed by atoms with Crippen molar-refractivity contribution < 1.29 is 28.5 Å². The number of ether oxygens (including phenoxy) is 1. The smallest absolute Gasteiger partial charge is 0.335 e. The van der Waals surface area contributed by atoms with Crippen LogP contribution in [0.4, 0.5) is 14.5 Å². The van der Waals surface area contributed by atoms with Crippen LogP contribution in [0.3, 0.4) is 0 Å². The highest BCUT2D eigenvalue weighted by atomic mass is 35.5. The standard InChI is InChI=1S/C30H34ClF2NO4/c1-2-3-4-5-26(35)22-9-6-20(22)16-34-17-29(18-38-27-11-7-19(28(36)37)14-25(27)34)12-13-30(32,33)24-15-21(31)8-10-23(24)29/h4-5,7-8,10-11,14-15,20,22,26,35H,2-3,6,9,12-13,16-18H2,1H3,(H,36,37)/b5-4+/t20-,22+,26-,29?/m0/s1. The van der Waals surface area contributed by atoms with Gasteiger partial charge in [0.2, 0.25) is 0 Å². The molecule has 0 saturated heterocycles. The number of aliphatic hydroxyl groups excluding tert-OH is 1. The predicted molar refractivity (Wildman–Crippen MR) is 144 cm³/mol. The zero-order valence-corrected chi connectivity index (χ0v) is 22.3. The summed E-state index contributed by atoms with van der Waals surface area (Å²) < 4.78 is 36.4. The molecule has 2 aliphatic carbocycles. The number of hydrogen-bond acceptors (Lipinski definition) is 4. The van der Waals surface area contributed by atoms with E-state index in [1.165, 1.54) is 12.1 Å². The maximum Gasteiger partial charge on any atom is 0.335 e. The number of benzene rings is 2. The highest BCUT2D eigenvalue weighted by Gasteiger charge is 2.51. The molecule has 0 radical (unpaired) electrons. The van der Waals surface area contributed by atoms with Crippen LogP contribution in [0.25, 0.3) is 0 Å². The number of allylic oxidation sites excluding steroid dienone is 1. The number of nitrogens with zero attached hydrogens (tertiary/aromatic N) is 1. The molecular formula is C30H34ClF2NO4. The van der Waals surface area contributed by atoms with E-state index in [1.807, 2.05) is 12.2 Å². The quantitative estimate of drug-likeness (QED) is 0.374. The van der Waals surface area contributed by atoms with Gasteiger partial charge in [0, 0.05) is 35.5 Å². The minimum absolute atomic E-state index is 0.0602. The first-order valence-corrected chi connectivity index (χ1v) is 13.8. The number of anilines is 1. The summed E-state index contributed by atoms with van der Waals surface area (Å²) in [6.07, 6.45) is 7.04. The fourth-order valence-corrected chi connectivity index (χ4v) is 6.43. The van der Waals surface area contributed by atoms with Gasteiger partial charge in [-0.15, -0.1) is 0 Å². The van der Waals surface area contributed by atoms with Crippen molar-refractivity contribution in [3.05, 3.63) is 70.3 Å². The number of aliphatic hydroxyl groups is 1. The van der Waals surface area contributed by atoms with E-state index in [9.17, 15) is 15.0 Å². The molecule has 0 amide bonds. The van der Waals surface area contributed by atoms with E-state index >= 15 is 8.78 Å². The summed E-state index contributed by atoms with van der Waals surface area (Å²) in [5.41, 5.74) is 0.542. The molecular weight excluding hydrogens is 512 g/mol. The summed E-state index contributed by atoms with van der Waals surface area (Å²) in [6, 6.07) is 9.49. The molecule has 1 saturated carbocycles. The zero-order valence-electron chi connectivity index (χ0n) is 21.5. The molecule has 204 valence electrons. The highest BCUT2D eigenvalue weighted by Crippen LogP contribution is 2.52. The Bertz CT molecular complexity index is 1230. The lowest BCUT2D eigenvalue weighted by Gasteiger charge is -2.46. The molecule has 38 heavy (non-hydrogen) atoms. The van der Waals surface area contributed by atoms with Crippen molar-refractivity contribution >= 4 is 23.3 Å². The molecule has 1 heterocycles. The van der Waals surface area contributed by atoms with Gasteiger partial charge in [-0.3, -0.25) is 0 Å². The number of carbonyl (C=O) groups is 1. The molecule has 5 nitrogen and oxygen atoms in total. The second-order valence-corrected chi connectivity index (χ2v) is 11.5. The van der Waals surface area contributed by atoms with Crippen molar-refractivity contribution in [2.45, 2.75) is 62.9 Å². The highest BCUT2D eigenvalue weighted by molar-refractivity contribution is 6.30. The molecule has 1 unspecified atom stereocenters. The zero-order chi connectivity index (χ0) is 27.1. The van der Waals surface area contributed by atoms with Gasteiger partial charge in [0.15, 0.2) is 0 Å².